The molecule has 0 saturated carbocycles. The van der Waals surface area contributed by atoms with Gasteiger partial charge in [-0.3, -0.25) is 4.79 Å². The minimum Gasteiger partial charge on any atom is -0.493 e. The second-order valence-electron chi connectivity index (χ2n) is 7.55. The summed E-state index contributed by atoms with van der Waals surface area (Å²) in [7, 11) is 4.26. The van der Waals surface area contributed by atoms with E-state index >= 15 is 0 Å². The Balaban J connectivity index is 1.58. The van der Waals surface area contributed by atoms with Crippen molar-refractivity contribution in [2.45, 2.75) is 6.92 Å². The lowest BCUT2D eigenvalue weighted by Gasteiger charge is -2.11. The lowest BCUT2D eigenvalue weighted by molar-refractivity contribution is 0.0600. The van der Waals surface area contributed by atoms with Crippen molar-refractivity contribution in [3.63, 3.8) is 0 Å². The number of carbonyl (C=O) groups is 2. The second-order valence-corrected chi connectivity index (χ2v) is 7.55. The average Bonchev–Trinajstić information content (AvgIpc) is 2.90. The summed E-state index contributed by atoms with van der Waals surface area (Å²) in [5.41, 5.74) is 0.432. The van der Waals surface area contributed by atoms with Gasteiger partial charge in [-0.25, -0.2) is 9.59 Å². The van der Waals surface area contributed by atoms with Crippen LogP contribution < -0.4 is 24.4 Å². The maximum Gasteiger partial charge on any atom is 0.343 e. The number of ether oxygens (including phenoxy) is 5. The fourth-order valence-electron chi connectivity index (χ4n) is 3.47. The number of esters is 2. The molecule has 9 heteroatoms. The van der Waals surface area contributed by atoms with Crippen molar-refractivity contribution in [3.8, 4) is 28.7 Å². The highest BCUT2D eigenvalue weighted by molar-refractivity contribution is 5.92. The van der Waals surface area contributed by atoms with E-state index in [1.54, 1.807) is 31.2 Å². The van der Waals surface area contributed by atoms with Crippen LogP contribution in [0.1, 0.15) is 26.5 Å². The molecule has 1 heterocycles. The zero-order chi connectivity index (χ0) is 25.8. The van der Waals surface area contributed by atoms with Crippen LogP contribution >= 0.6 is 0 Å². The molecule has 0 saturated heterocycles. The predicted molar refractivity (Wildman–Crippen MR) is 130 cm³/mol. The van der Waals surface area contributed by atoms with E-state index in [9.17, 15) is 14.4 Å². The highest BCUT2D eigenvalue weighted by atomic mass is 16.5. The lowest BCUT2D eigenvalue weighted by Crippen LogP contribution is -2.10. The topological polar surface area (TPSA) is 110 Å². The predicted octanol–water partition coefficient (Wildman–Crippen LogP) is 4.92. The summed E-state index contributed by atoms with van der Waals surface area (Å²) >= 11 is 0. The minimum atomic E-state index is -0.621. The van der Waals surface area contributed by atoms with Crippen molar-refractivity contribution >= 4 is 22.9 Å². The first-order valence-electron chi connectivity index (χ1n) is 10.7. The number of methoxy groups -OCH3 is 3. The molecule has 36 heavy (non-hydrogen) atoms. The highest BCUT2D eigenvalue weighted by Crippen LogP contribution is 2.30. The van der Waals surface area contributed by atoms with Crippen molar-refractivity contribution in [1.29, 1.82) is 0 Å². The normalized spacial score (nSPS) is 10.6. The Hall–Kier alpha value is -4.79. The van der Waals surface area contributed by atoms with Gasteiger partial charge in [-0.15, -0.1) is 0 Å². The smallest absolute Gasteiger partial charge is 0.343 e. The molecule has 1 aromatic heterocycles. The van der Waals surface area contributed by atoms with Crippen LogP contribution in [0.4, 0.5) is 0 Å². The highest BCUT2D eigenvalue weighted by Gasteiger charge is 2.17. The van der Waals surface area contributed by atoms with Gasteiger partial charge in [-0.05, 0) is 61.5 Å². The van der Waals surface area contributed by atoms with Gasteiger partial charge in [0.25, 0.3) is 0 Å². The van der Waals surface area contributed by atoms with E-state index in [4.69, 9.17) is 23.4 Å². The molecule has 0 bridgehead atoms. The Morgan fingerprint density at radius 3 is 2.08 bits per heavy atom. The molecule has 0 amide bonds. The zero-order valence-electron chi connectivity index (χ0n) is 19.9. The maximum absolute atomic E-state index is 13.1. The number of carbonyl (C=O) groups excluding carboxylic acids is 2. The Morgan fingerprint density at radius 2 is 1.42 bits per heavy atom. The van der Waals surface area contributed by atoms with E-state index in [0.717, 1.165) is 0 Å². The Labute approximate surface area is 205 Å². The Morgan fingerprint density at radius 1 is 0.750 bits per heavy atom. The van der Waals surface area contributed by atoms with Gasteiger partial charge in [0.15, 0.2) is 11.5 Å². The van der Waals surface area contributed by atoms with Crippen LogP contribution in [0.5, 0.6) is 28.7 Å². The first kappa shape index (κ1) is 24.3. The standard InChI is InChI=1S/C27H22O9/c1-15-25(35-18-8-5-16(6-9-18)26(29)33-4)24(28)20-11-10-19(14-22(20)34-15)36-27(30)17-7-12-21(31-2)23(13-17)32-3/h5-14H,1-4H3. The monoisotopic (exact) mass is 490 g/mol. The molecule has 9 nitrogen and oxygen atoms in total. The summed E-state index contributed by atoms with van der Waals surface area (Å²) in [6, 6.07) is 15.2. The third-order valence-corrected chi connectivity index (χ3v) is 5.31. The molecule has 184 valence electrons. The molecule has 0 aliphatic heterocycles. The van der Waals surface area contributed by atoms with E-state index in [1.807, 2.05) is 0 Å². The van der Waals surface area contributed by atoms with Crippen molar-refractivity contribution in [3.05, 3.63) is 87.8 Å². The molecule has 0 spiro atoms. The van der Waals surface area contributed by atoms with E-state index in [0.29, 0.717) is 22.8 Å². The number of rotatable bonds is 7. The molecule has 0 fully saturated rings. The number of benzene rings is 3. The summed E-state index contributed by atoms with van der Waals surface area (Å²) in [4.78, 5) is 37.3. The van der Waals surface area contributed by atoms with Crippen LogP contribution in [0.25, 0.3) is 11.0 Å². The van der Waals surface area contributed by atoms with Gasteiger partial charge in [0.2, 0.25) is 11.2 Å². The zero-order valence-corrected chi connectivity index (χ0v) is 19.9. The van der Waals surface area contributed by atoms with Crippen molar-refractivity contribution in [2.75, 3.05) is 21.3 Å². The molecule has 0 unspecified atom stereocenters. The first-order valence-corrected chi connectivity index (χ1v) is 10.7. The summed E-state index contributed by atoms with van der Waals surface area (Å²) in [5.74, 6) is 0.537. The fraction of sp³-hybridized carbons (Fsp3) is 0.148. The van der Waals surface area contributed by atoms with Gasteiger partial charge < -0.3 is 28.1 Å². The molecule has 0 atom stereocenters. The van der Waals surface area contributed by atoms with Gasteiger partial charge in [0.1, 0.15) is 22.8 Å². The Kier molecular flexibility index (Phi) is 6.91. The van der Waals surface area contributed by atoms with Gasteiger partial charge >= 0.3 is 11.9 Å². The van der Waals surface area contributed by atoms with Crippen molar-refractivity contribution < 1.29 is 37.7 Å². The van der Waals surface area contributed by atoms with E-state index in [-0.39, 0.29) is 33.8 Å². The number of aryl methyl sites for hydroxylation is 1. The van der Waals surface area contributed by atoms with E-state index < -0.39 is 17.4 Å². The summed E-state index contributed by atoms with van der Waals surface area (Å²) in [5, 5.41) is 0.243. The van der Waals surface area contributed by atoms with Gasteiger partial charge in [0, 0.05) is 6.07 Å². The molecule has 4 rings (SSSR count). The molecule has 0 N–H and O–H groups in total. The lowest BCUT2D eigenvalue weighted by atomic mass is 10.2. The van der Waals surface area contributed by atoms with Crippen LogP contribution in [0, 0.1) is 6.92 Å². The Bertz CT molecular complexity index is 1500. The van der Waals surface area contributed by atoms with Gasteiger partial charge in [0.05, 0.1) is 37.8 Å². The van der Waals surface area contributed by atoms with Gasteiger partial charge in [-0.1, -0.05) is 0 Å². The number of hydrogen-bond acceptors (Lipinski definition) is 9. The second kappa shape index (κ2) is 10.2. The summed E-state index contributed by atoms with van der Waals surface area (Å²) < 4.78 is 32.1. The first-order chi connectivity index (χ1) is 17.3. The minimum absolute atomic E-state index is 0.00314. The quantitative estimate of drug-likeness (QED) is 0.263. The molecule has 0 radical (unpaired) electrons. The fourth-order valence-corrected chi connectivity index (χ4v) is 3.47. The van der Waals surface area contributed by atoms with Crippen molar-refractivity contribution in [2.24, 2.45) is 0 Å². The van der Waals surface area contributed by atoms with E-state index in [2.05, 4.69) is 4.74 Å². The summed E-state index contributed by atoms with van der Waals surface area (Å²) in [6.07, 6.45) is 0. The van der Waals surface area contributed by atoms with Crippen molar-refractivity contribution in [1.82, 2.24) is 0 Å². The van der Waals surface area contributed by atoms with Crippen LogP contribution in [-0.2, 0) is 4.74 Å². The molecule has 0 aliphatic rings. The SMILES string of the molecule is COC(=O)c1ccc(Oc2c(C)oc3cc(OC(=O)c4ccc(OC)c(OC)c4)ccc3c2=O)cc1. The van der Waals surface area contributed by atoms with E-state index in [1.165, 1.54) is 57.7 Å². The third-order valence-electron chi connectivity index (χ3n) is 5.31. The number of fused-ring (bicyclic) bond motifs is 1. The van der Waals surface area contributed by atoms with Crippen LogP contribution in [0.15, 0.2) is 69.9 Å². The molecule has 0 aliphatic carbocycles. The van der Waals surface area contributed by atoms with Crippen LogP contribution in [0.2, 0.25) is 0 Å². The molecular formula is C27H22O9. The largest absolute Gasteiger partial charge is 0.493 e. The number of hydrogen-bond donors (Lipinski definition) is 0. The maximum atomic E-state index is 13.1. The van der Waals surface area contributed by atoms with Crippen LogP contribution in [-0.4, -0.2) is 33.3 Å². The molecule has 3 aromatic carbocycles. The van der Waals surface area contributed by atoms with Crippen LogP contribution in [0.3, 0.4) is 0 Å². The van der Waals surface area contributed by atoms with Gasteiger partial charge in [-0.2, -0.15) is 0 Å². The molecular weight excluding hydrogens is 468 g/mol. The average molecular weight is 490 g/mol. The summed E-state index contributed by atoms with van der Waals surface area (Å²) in [6.45, 7) is 1.58. The third kappa shape index (κ3) is 4.85. The molecule has 4 aromatic rings.